The smallest absolute Gasteiger partial charge is 0.233 e. The van der Waals surface area contributed by atoms with Gasteiger partial charge in [0.05, 0.1) is 12.3 Å². The normalized spacial score (nSPS) is 11.2. The Kier molecular flexibility index (Phi) is 8.43. The highest BCUT2D eigenvalue weighted by atomic mass is 35.5. The van der Waals surface area contributed by atoms with Crippen molar-refractivity contribution in [2.24, 2.45) is 0 Å². The molecule has 7 heteroatoms. The zero-order valence-corrected chi connectivity index (χ0v) is 19.7. The molecule has 0 amide bonds. The molecule has 1 aromatic heterocycles. The first kappa shape index (κ1) is 23.2. The topological polar surface area (TPSA) is 56.3 Å². The van der Waals surface area contributed by atoms with Crippen LogP contribution in [0.2, 0.25) is 0 Å². The number of nitrogens with zero attached hydrogens (tertiary/aromatic N) is 2. The summed E-state index contributed by atoms with van der Waals surface area (Å²) in [5.41, 5.74) is 3.12. The minimum atomic E-state index is -0.141. The minimum absolute atomic E-state index is 0.141. The van der Waals surface area contributed by atoms with E-state index in [1.165, 1.54) is 23.1 Å². The molecular formula is C24H28ClN3O2S. The average Bonchev–Trinajstić information content (AvgIpc) is 2.79. The van der Waals surface area contributed by atoms with Gasteiger partial charge in [0, 0.05) is 23.7 Å². The van der Waals surface area contributed by atoms with Gasteiger partial charge in [0.15, 0.2) is 0 Å². The van der Waals surface area contributed by atoms with Crippen LogP contribution in [0.15, 0.2) is 60.8 Å². The number of halogens is 1. The number of aromatic nitrogens is 2. The molecule has 0 aliphatic heterocycles. The molecule has 3 aromatic rings. The summed E-state index contributed by atoms with van der Waals surface area (Å²) < 4.78 is 14.6. The van der Waals surface area contributed by atoms with E-state index in [-0.39, 0.29) is 5.41 Å². The molecule has 0 aliphatic rings. The van der Waals surface area contributed by atoms with E-state index < -0.39 is 0 Å². The fraction of sp³-hybridized carbons (Fsp3) is 0.333. The van der Waals surface area contributed by atoms with Crippen LogP contribution < -0.4 is 14.2 Å². The van der Waals surface area contributed by atoms with Crippen molar-refractivity contribution in [3.8, 4) is 11.5 Å². The van der Waals surface area contributed by atoms with E-state index in [0.717, 1.165) is 23.6 Å². The summed E-state index contributed by atoms with van der Waals surface area (Å²) in [5, 5.41) is 0. The molecule has 0 atom stereocenters. The Hall–Kier alpha value is -2.44. The number of anilines is 1. The molecule has 0 saturated heterocycles. The summed E-state index contributed by atoms with van der Waals surface area (Å²) >= 11 is 7.16. The second kappa shape index (κ2) is 11.3. The Balaban J connectivity index is 1.62. The number of hydrogen-bond donors (Lipinski definition) is 1. The van der Waals surface area contributed by atoms with Gasteiger partial charge in [-0.2, -0.15) is 0 Å². The van der Waals surface area contributed by atoms with Gasteiger partial charge in [-0.25, -0.2) is 9.97 Å². The monoisotopic (exact) mass is 457 g/mol. The third-order valence-corrected chi connectivity index (χ3v) is 5.65. The highest BCUT2D eigenvalue weighted by Gasteiger charge is 2.23. The maximum Gasteiger partial charge on any atom is 0.233 e. The fourth-order valence-electron chi connectivity index (χ4n) is 3.12. The van der Waals surface area contributed by atoms with Gasteiger partial charge in [-0.3, -0.25) is 4.72 Å². The van der Waals surface area contributed by atoms with Gasteiger partial charge in [0.25, 0.3) is 0 Å². The highest BCUT2D eigenvalue weighted by Crippen LogP contribution is 2.33. The number of hydrogen-bond acceptors (Lipinski definition) is 6. The summed E-state index contributed by atoms with van der Waals surface area (Å²) in [6, 6.07) is 18.4. The van der Waals surface area contributed by atoms with Crippen LogP contribution in [0, 0.1) is 0 Å². The molecular weight excluding hydrogens is 430 g/mol. The van der Waals surface area contributed by atoms with Crippen LogP contribution >= 0.6 is 23.5 Å². The summed E-state index contributed by atoms with van der Waals surface area (Å²) in [4.78, 5) is 8.58. The molecule has 3 rings (SSSR count). The van der Waals surface area contributed by atoms with Crippen LogP contribution in [0.5, 0.6) is 11.5 Å². The van der Waals surface area contributed by atoms with Gasteiger partial charge < -0.3 is 9.47 Å². The molecule has 0 fully saturated rings. The van der Waals surface area contributed by atoms with Gasteiger partial charge in [0.1, 0.15) is 18.1 Å². The van der Waals surface area contributed by atoms with Crippen LogP contribution in [0.25, 0.3) is 0 Å². The standard InChI is InChI=1S/C24H28ClN3O2S/c1-24(2,18-5-9-21(10-6-18)29-16-4-14-25)19-7-11-22(12-8-19)30-17-20-13-15-26-23(27-20)28-31-3/h5-13,15H,4,14,16-17H2,1-3H3,(H,26,27,28). The van der Waals surface area contributed by atoms with Crippen molar-refractivity contribution in [1.82, 2.24) is 9.97 Å². The van der Waals surface area contributed by atoms with Crippen LogP contribution in [-0.2, 0) is 12.0 Å². The molecule has 1 N–H and O–H groups in total. The number of rotatable bonds is 11. The van der Waals surface area contributed by atoms with Crippen LogP contribution in [-0.4, -0.2) is 28.7 Å². The van der Waals surface area contributed by atoms with E-state index in [1.54, 1.807) is 6.20 Å². The highest BCUT2D eigenvalue weighted by molar-refractivity contribution is 7.99. The molecule has 1 heterocycles. The van der Waals surface area contributed by atoms with E-state index in [2.05, 4.69) is 52.8 Å². The zero-order valence-electron chi connectivity index (χ0n) is 18.1. The summed E-state index contributed by atoms with van der Waals surface area (Å²) in [5.74, 6) is 2.87. The summed E-state index contributed by atoms with van der Waals surface area (Å²) in [6.45, 7) is 5.46. The second-order valence-electron chi connectivity index (χ2n) is 7.53. The third kappa shape index (κ3) is 6.52. The average molecular weight is 458 g/mol. The first-order valence-corrected chi connectivity index (χ1v) is 11.9. The molecule has 0 radical (unpaired) electrons. The van der Waals surface area contributed by atoms with Gasteiger partial charge >= 0.3 is 0 Å². The van der Waals surface area contributed by atoms with Gasteiger partial charge in [-0.15, -0.1) is 11.6 Å². The lowest BCUT2D eigenvalue weighted by Gasteiger charge is -2.26. The zero-order chi connectivity index (χ0) is 22.1. The van der Waals surface area contributed by atoms with E-state index in [1.807, 2.05) is 36.6 Å². The lowest BCUT2D eigenvalue weighted by molar-refractivity contribution is 0.301. The van der Waals surface area contributed by atoms with Crippen LogP contribution in [0.3, 0.4) is 0 Å². The van der Waals surface area contributed by atoms with E-state index in [9.17, 15) is 0 Å². The van der Waals surface area contributed by atoms with Crippen LogP contribution in [0.4, 0.5) is 5.95 Å². The molecule has 2 aromatic carbocycles. The van der Waals surface area contributed by atoms with Gasteiger partial charge in [-0.05, 0) is 47.9 Å². The third-order valence-electron chi connectivity index (χ3n) is 4.99. The Morgan fingerprint density at radius 3 is 2.13 bits per heavy atom. The fourth-order valence-corrected chi connectivity index (χ4v) is 3.51. The molecule has 5 nitrogen and oxygen atoms in total. The Labute approximate surface area is 193 Å². The predicted molar refractivity (Wildman–Crippen MR) is 129 cm³/mol. The first-order valence-electron chi connectivity index (χ1n) is 10.2. The maximum atomic E-state index is 5.91. The Morgan fingerprint density at radius 1 is 0.935 bits per heavy atom. The van der Waals surface area contributed by atoms with E-state index in [0.29, 0.717) is 25.0 Å². The molecule has 0 bridgehead atoms. The van der Waals surface area contributed by atoms with E-state index >= 15 is 0 Å². The lowest BCUT2D eigenvalue weighted by atomic mass is 9.78. The van der Waals surface area contributed by atoms with E-state index in [4.69, 9.17) is 21.1 Å². The molecule has 164 valence electrons. The van der Waals surface area contributed by atoms with Crippen molar-refractivity contribution < 1.29 is 9.47 Å². The molecule has 0 aliphatic carbocycles. The lowest BCUT2D eigenvalue weighted by Crippen LogP contribution is -2.18. The largest absolute Gasteiger partial charge is 0.494 e. The van der Waals surface area contributed by atoms with Crippen molar-refractivity contribution in [2.45, 2.75) is 32.3 Å². The SMILES string of the molecule is CSNc1nccc(COc2ccc(C(C)(C)c3ccc(OCCCCl)cc3)cc2)n1. The number of alkyl halides is 1. The summed E-state index contributed by atoms with van der Waals surface area (Å²) in [6.07, 6.45) is 4.50. The van der Waals surface area contributed by atoms with Crippen LogP contribution in [0.1, 0.15) is 37.1 Å². The number of benzene rings is 2. The maximum absolute atomic E-state index is 5.91. The number of ether oxygens (including phenoxy) is 2. The second-order valence-corrected chi connectivity index (χ2v) is 8.52. The molecule has 0 spiro atoms. The first-order chi connectivity index (χ1) is 15.0. The summed E-state index contributed by atoms with van der Waals surface area (Å²) in [7, 11) is 0. The van der Waals surface area contributed by atoms with Crippen molar-refractivity contribution in [3.05, 3.63) is 77.6 Å². The molecule has 31 heavy (non-hydrogen) atoms. The van der Waals surface area contributed by atoms with Crippen molar-refractivity contribution in [2.75, 3.05) is 23.5 Å². The predicted octanol–water partition coefficient (Wildman–Crippen LogP) is 6.08. The quantitative estimate of drug-likeness (QED) is 0.214. The van der Waals surface area contributed by atoms with Crippen molar-refractivity contribution >= 4 is 29.5 Å². The molecule has 0 saturated carbocycles. The molecule has 0 unspecified atom stereocenters. The van der Waals surface area contributed by atoms with Gasteiger partial charge in [-0.1, -0.05) is 50.1 Å². The van der Waals surface area contributed by atoms with Crippen molar-refractivity contribution in [1.29, 1.82) is 0 Å². The number of nitrogens with one attached hydrogen (secondary N) is 1. The minimum Gasteiger partial charge on any atom is -0.494 e. The Morgan fingerprint density at radius 2 is 1.55 bits per heavy atom. The van der Waals surface area contributed by atoms with Gasteiger partial charge in [0.2, 0.25) is 5.95 Å². The van der Waals surface area contributed by atoms with Crippen molar-refractivity contribution in [3.63, 3.8) is 0 Å². The Bertz CT molecular complexity index is 950.